The molecule has 4 N–H and O–H groups in total. The molecule has 0 heterocycles. The van der Waals surface area contributed by atoms with Gasteiger partial charge in [-0.2, -0.15) is 0 Å². The van der Waals surface area contributed by atoms with Crippen molar-refractivity contribution in [3.63, 3.8) is 0 Å². The number of hydrogen-bond donors (Lipinski definition) is 2. The van der Waals surface area contributed by atoms with Crippen LogP contribution in [0.3, 0.4) is 0 Å². The average Bonchev–Trinajstić information content (AvgIpc) is 2.33. The summed E-state index contributed by atoms with van der Waals surface area (Å²) in [6.45, 7) is 4.04. The molecular weight excluding hydrogens is 236 g/mol. The second kappa shape index (κ2) is 5.33. The van der Waals surface area contributed by atoms with E-state index in [9.17, 15) is 0 Å². The van der Waals surface area contributed by atoms with Crippen molar-refractivity contribution in [2.24, 2.45) is 5.73 Å². The van der Waals surface area contributed by atoms with Gasteiger partial charge in [-0.1, -0.05) is 12.1 Å². The van der Waals surface area contributed by atoms with Crippen LogP contribution in [0.1, 0.15) is 19.4 Å². The van der Waals surface area contributed by atoms with E-state index in [-0.39, 0.29) is 5.54 Å². The zero-order valence-electron chi connectivity index (χ0n) is 11.4. The lowest BCUT2D eigenvalue weighted by Crippen LogP contribution is -2.34. The third-order valence-corrected chi connectivity index (χ3v) is 2.70. The Bertz CT molecular complexity index is 524. The highest BCUT2D eigenvalue weighted by Gasteiger charge is 2.11. The lowest BCUT2D eigenvalue weighted by molar-refractivity contribution is 0.481. The van der Waals surface area contributed by atoms with Gasteiger partial charge in [0.2, 0.25) is 0 Å². The quantitative estimate of drug-likeness (QED) is 0.825. The summed E-state index contributed by atoms with van der Waals surface area (Å²) in [5, 5.41) is 0. The van der Waals surface area contributed by atoms with Crippen molar-refractivity contribution in [1.29, 1.82) is 0 Å². The molecule has 2 rings (SSSR count). The topological polar surface area (TPSA) is 61.3 Å². The summed E-state index contributed by atoms with van der Waals surface area (Å²) >= 11 is 0. The van der Waals surface area contributed by atoms with E-state index in [1.807, 2.05) is 62.4 Å². The molecule has 0 fully saturated rings. The summed E-state index contributed by atoms with van der Waals surface area (Å²) in [4.78, 5) is 0. The maximum atomic E-state index is 6.00. The Labute approximate surface area is 114 Å². The van der Waals surface area contributed by atoms with E-state index in [1.165, 1.54) is 5.56 Å². The van der Waals surface area contributed by atoms with Gasteiger partial charge in [0, 0.05) is 11.2 Å². The first kappa shape index (κ1) is 13.4. The normalized spacial score (nSPS) is 11.3. The monoisotopic (exact) mass is 256 g/mol. The molecule has 19 heavy (non-hydrogen) atoms. The molecule has 0 spiro atoms. The highest BCUT2D eigenvalue weighted by molar-refractivity contribution is 5.43. The fourth-order valence-electron chi connectivity index (χ4n) is 1.87. The molecule has 3 heteroatoms. The summed E-state index contributed by atoms with van der Waals surface area (Å²) in [6.07, 6.45) is 0.842. The largest absolute Gasteiger partial charge is 0.457 e. The SMILES string of the molecule is CC(C)(N)Cc1ccc(Oc2ccc(N)cc2)cc1. The molecule has 2 aromatic rings. The van der Waals surface area contributed by atoms with Gasteiger partial charge in [-0.05, 0) is 62.2 Å². The molecule has 0 aliphatic carbocycles. The van der Waals surface area contributed by atoms with Crippen LogP contribution in [0, 0.1) is 0 Å². The van der Waals surface area contributed by atoms with Gasteiger partial charge in [0.15, 0.2) is 0 Å². The van der Waals surface area contributed by atoms with Gasteiger partial charge >= 0.3 is 0 Å². The Hall–Kier alpha value is -2.00. The molecule has 0 aliphatic rings. The Morgan fingerprint density at radius 1 is 0.895 bits per heavy atom. The van der Waals surface area contributed by atoms with Crippen molar-refractivity contribution in [2.45, 2.75) is 25.8 Å². The predicted octanol–water partition coefficient (Wildman–Crippen LogP) is 3.34. The van der Waals surface area contributed by atoms with Crippen molar-refractivity contribution >= 4 is 5.69 Å². The van der Waals surface area contributed by atoms with Gasteiger partial charge < -0.3 is 16.2 Å². The maximum absolute atomic E-state index is 6.00. The molecule has 0 atom stereocenters. The summed E-state index contributed by atoms with van der Waals surface area (Å²) in [7, 11) is 0. The lowest BCUT2D eigenvalue weighted by Gasteiger charge is -2.18. The molecule has 0 saturated heterocycles. The number of hydrogen-bond acceptors (Lipinski definition) is 3. The first-order chi connectivity index (χ1) is 8.92. The summed E-state index contributed by atoms with van der Waals surface area (Å²) in [6, 6.07) is 15.3. The highest BCUT2D eigenvalue weighted by atomic mass is 16.5. The molecule has 3 nitrogen and oxygen atoms in total. The second-order valence-corrected chi connectivity index (χ2v) is 5.48. The fourth-order valence-corrected chi connectivity index (χ4v) is 1.87. The van der Waals surface area contributed by atoms with Crippen LogP contribution < -0.4 is 16.2 Å². The summed E-state index contributed by atoms with van der Waals surface area (Å²) in [5.74, 6) is 1.59. The van der Waals surface area contributed by atoms with Crippen molar-refractivity contribution in [3.8, 4) is 11.5 Å². The Morgan fingerprint density at radius 3 is 1.84 bits per heavy atom. The van der Waals surface area contributed by atoms with Gasteiger partial charge in [-0.15, -0.1) is 0 Å². The van der Waals surface area contributed by atoms with E-state index in [4.69, 9.17) is 16.2 Å². The van der Waals surface area contributed by atoms with Gasteiger partial charge in [-0.3, -0.25) is 0 Å². The minimum atomic E-state index is -0.195. The van der Waals surface area contributed by atoms with Crippen molar-refractivity contribution in [3.05, 3.63) is 54.1 Å². The third kappa shape index (κ3) is 4.30. The van der Waals surface area contributed by atoms with Crippen LogP contribution in [0.5, 0.6) is 11.5 Å². The minimum Gasteiger partial charge on any atom is -0.457 e. The molecule has 0 radical (unpaired) electrons. The van der Waals surface area contributed by atoms with Gasteiger partial charge in [0.05, 0.1) is 0 Å². The molecule has 0 aromatic heterocycles. The molecule has 0 saturated carbocycles. The van der Waals surface area contributed by atoms with Gasteiger partial charge in [0.1, 0.15) is 11.5 Å². The first-order valence-electron chi connectivity index (χ1n) is 6.34. The Balaban J connectivity index is 2.04. The van der Waals surface area contributed by atoms with Crippen LogP contribution in [0.15, 0.2) is 48.5 Å². The van der Waals surface area contributed by atoms with Crippen LogP contribution >= 0.6 is 0 Å². The highest BCUT2D eigenvalue weighted by Crippen LogP contribution is 2.23. The van der Waals surface area contributed by atoms with Crippen molar-refractivity contribution in [2.75, 3.05) is 5.73 Å². The molecule has 2 aromatic carbocycles. The number of nitrogen functional groups attached to an aromatic ring is 1. The summed E-state index contributed by atoms with van der Waals surface area (Å²) in [5.41, 5.74) is 13.4. The van der Waals surface area contributed by atoms with E-state index in [2.05, 4.69) is 0 Å². The molecule has 0 bridgehead atoms. The predicted molar refractivity (Wildman–Crippen MR) is 79.3 cm³/mol. The minimum absolute atomic E-state index is 0.195. The molecule has 100 valence electrons. The Morgan fingerprint density at radius 2 is 1.37 bits per heavy atom. The van der Waals surface area contributed by atoms with Crippen LogP contribution in [-0.4, -0.2) is 5.54 Å². The maximum Gasteiger partial charge on any atom is 0.127 e. The number of nitrogens with two attached hydrogens (primary N) is 2. The first-order valence-corrected chi connectivity index (χ1v) is 6.34. The Kier molecular flexibility index (Phi) is 3.76. The fraction of sp³-hybridized carbons (Fsp3) is 0.250. The summed E-state index contributed by atoms with van der Waals surface area (Å²) < 4.78 is 5.73. The van der Waals surface area contributed by atoms with Crippen LogP contribution in [-0.2, 0) is 6.42 Å². The lowest BCUT2D eigenvalue weighted by atomic mass is 9.96. The molecule has 0 aliphatic heterocycles. The van der Waals surface area contributed by atoms with E-state index in [1.54, 1.807) is 0 Å². The van der Waals surface area contributed by atoms with Crippen molar-refractivity contribution < 1.29 is 4.74 Å². The number of rotatable bonds is 4. The van der Waals surface area contributed by atoms with Crippen LogP contribution in [0.2, 0.25) is 0 Å². The van der Waals surface area contributed by atoms with E-state index in [0.29, 0.717) is 0 Å². The van der Waals surface area contributed by atoms with Gasteiger partial charge in [-0.25, -0.2) is 0 Å². The smallest absolute Gasteiger partial charge is 0.127 e. The van der Waals surface area contributed by atoms with Crippen LogP contribution in [0.4, 0.5) is 5.69 Å². The zero-order valence-corrected chi connectivity index (χ0v) is 11.4. The van der Waals surface area contributed by atoms with E-state index >= 15 is 0 Å². The number of benzene rings is 2. The molecular formula is C16H20N2O. The van der Waals surface area contributed by atoms with E-state index in [0.717, 1.165) is 23.6 Å². The third-order valence-electron chi connectivity index (χ3n) is 2.70. The van der Waals surface area contributed by atoms with Crippen LogP contribution in [0.25, 0.3) is 0 Å². The standard InChI is InChI=1S/C16H20N2O/c1-16(2,18)11-12-3-7-14(8-4-12)19-15-9-5-13(17)6-10-15/h3-10H,11,17-18H2,1-2H3. The second-order valence-electron chi connectivity index (χ2n) is 5.48. The van der Waals surface area contributed by atoms with E-state index < -0.39 is 0 Å². The molecule has 0 amide bonds. The number of anilines is 1. The van der Waals surface area contributed by atoms with Crippen molar-refractivity contribution in [1.82, 2.24) is 0 Å². The molecule has 0 unspecified atom stereocenters. The number of ether oxygens (including phenoxy) is 1. The average molecular weight is 256 g/mol. The van der Waals surface area contributed by atoms with Gasteiger partial charge in [0.25, 0.3) is 0 Å². The zero-order chi connectivity index (χ0) is 13.9.